The van der Waals surface area contributed by atoms with Crippen molar-refractivity contribution in [3.63, 3.8) is 0 Å². The number of anilines is 2. The lowest BCUT2D eigenvalue weighted by Gasteiger charge is -2.35. The van der Waals surface area contributed by atoms with Gasteiger partial charge in [0.05, 0.1) is 11.6 Å². The van der Waals surface area contributed by atoms with Crippen LogP contribution in [0.3, 0.4) is 0 Å². The molecule has 0 spiro atoms. The zero-order chi connectivity index (χ0) is 31.8. The van der Waals surface area contributed by atoms with Crippen LogP contribution in [0.5, 0.6) is 23.0 Å². The van der Waals surface area contributed by atoms with Crippen molar-refractivity contribution in [2.75, 3.05) is 4.90 Å². The monoisotopic (exact) mass is 618 g/mol. The second-order valence-electron chi connectivity index (χ2n) is 12.8. The highest BCUT2D eigenvalue weighted by Crippen LogP contribution is 2.48. The second-order valence-corrected chi connectivity index (χ2v) is 12.8. The molecule has 1 aromatic heterocycles. The van der Waals surface area contributed by atoms with Gasteiger partial charge in [0.25, 0.3) is 6.71 Å². The van der Waals surface area contributed by atoms with Crippen LogP contribution in [0.25, 0.3) is 22.7 Å². The van der Waals surface area contributed by atoms with Crippen molar-refractivity contribution in [1.82, 2.24) is 4.57 Å². The number of allylic oxidation sites excluding steroid dienone is 5. The molecule has 0 N–H and O–H groups in total. The van der Waals surface area contributed by atoms with E-state index in [2.05, 4.69) is 155 Å². The summed E-state index contributed by atoms with van der Waals surface area (Å²) >= 11 is 0. The third kappa shape index (κ3) is 3.97. The minimum absolute atomic E-state index is 0.0529. The van der Waals surface area contributed by atoms with Crippen LogP contribution in [0.2, 0.25) is 0 Å². The summed E-state index contributed by atoms with van der Waals surface area (Å²) < 4.78 is 15.6. The van der Waals surface area contributed by atoms with Gasteiger partial charge >= 0.3 is 0 Å². The Hall–Kier alpha value is -5.94. The molecule has 2 atom stereocenters. The Morgan fingerprint density at radius 2 is 1.40 bits per heavy atom. The quantitative estimate of drug-likeness (QED) is 0.146. The standard InChI is InChI=1S/C43H31BN2O2/c1-2-3-4-13-29-25-28-12-5-8-16-36(28)45(29)30-21-23-39-34(26-30)44-35-27-31(22-24-40(35)48-42-20-11-19-41(47-39)43(42)44)46-37-17-9-6-14-32(37)33-15-7-10-18-38(33)46/h2-27,32,37H,1H3/b3-2-,13-4-. The van der Waals surface area contributed by atoms with Gasteiger partial charge in [0.15, 0.2) is 0 Å². The Labute approximate surface area is 280 Å². The molecule has 1 aliphatic carbocycles. The lowest BCUT2D eigenvalue weighted by atomic mass is 9.35. The lowest BCUT2D eigenvalue weighted by molar-refractivity contribution is 0.464. The molecule has 228 valence electrons. The van der Waals surface area contributed by atoms with Gasteiger partial charge in [0, 0.05) is 39.5 Å². The summed E-state index contributed by atoms with van der Waals surface area (Å²) in [6.07, 6.45) is 17.4. The second kappa shape index (κ2) is 10.5. The first-order chi connectivity index (χ1) is 23.8. The lowest BCUT2D eigenvalue weighted by Crippen LogP contribution is -2.57. The van der Waals surface area contributed by atoms with Crippen LogP contribution in [-0.2, 0) is 0 Å². The molecule has 4 heterocycles. The number of ether oxygens (including phenoxy) is 2. The maximum Gasteiger partial charge on any atom is 0.260 e. The molecule has 2 unspecified atom stereocenters. The smallest absolute Gasteiger partial charge is 0.260 e. The molecule has 5 aromatic carbocycles. The normalized spacial score (nSPS) is 18.0. The van der Waals surface area contributed by atoms with Crippen LogP contribution < -0.4 is 30.8 Å². The van der Waals surface area contributed by atoms with E-state index in [1.165, 1.54) is 22.2 Å². The fourth-order valence-electron chi connectivity index (χ4n) is 8.14. The molecule has 0 amide bonds. The summed E-state index contributed by atoms with van der Waals surface area (Å²) in [4.78, 5) is 2.49. The molecular formula is C43H31BN2O2. The Morgan fingerprint density at radius 1 is 0.667 bits per heavy atom. The molecule has 0 bridgehead atoms. The molecule has 6 aromatic rings. The fraction of sp³-hybridized carbons (Fsp3) is 0.0698. The average Bonchev–Trinajstić information content (AvgIpc) is 3.67. The first-order valence-electron chi connectivity index (χ1n) is 16.7. The summed E-state index contributed by atoms with van der Waals surface area (Å²) in [6, 6.07) is 39.3. The number of rotatable bonds is 4. The van der Waals surface area contributed by atoms with E-state index in [1.54, 1.807) is 0 Å². The highest BCUT2D eigenvalue weighted by Gasteiger charge is 2.42. The third-order valence-electron chi connectivity index (χ3n) is 10.2. The first-order valence-corrected chi connectivity index (χ1v) is 16.7. The molecular weight excluding hydrogens is 587 g/mol. The minimum atomic E-state index is -0.0529. The summed E-state index contributed by atoms with van der Waals surface area (Å²) in [5.41, 5.74) is 10.5. The van der Waals surface area contributed by atoms with Crippen molar-refractivity contribution >= 4 is 51.5 Å². The molecule has 5 heteroatoms. The van der Waals surface area contributed by atoms with Crippen molar-refractivity contribution in [3.05, 3.63) is 163 Å². The van der Waals surface area contributed by atoms with Gasteiger partial charge in [0.1, 0.15) is 23.0 Å². The van der Waals surface area contributed by atoms with Gasteiger partial charge in [-0.2, -0.15) is 0 Å². The average molecular weight is 619 g/mol. The van der Waals surface area contributed by atoms with E-state index >= 15 is 0 Å². The summed E-state index contributed by atoms with van der Waals surface area (Å²) in [7, 11) is 0. The molecule has 3 aliphatic heterocycles. The van der Waals surface area contributed by atoms with Crippen molar-refractivity contribution in [1.29, 1.82) is 0 Å². The molecule has 48 heavy (non-hydrogen) atoms. The van der Waals surface area contributed by atoms with E-state index in [4.69, 9.17) is 9.47 Å². The topological polar surface area (TPSA) is 26.6 Å². The number of para-hydroxylation sites is 2. The number of aromatic nitrogens is 1. The van der Waals surface area contributed by atoms with Gasteiger partial charge in [-0.15, -0.1) is 0 Å². The maximum atomic E-state index is 6.62. The van der Waals surface area contributed by atoms with E-state index in [-0.39, 0.29) is 12.8 Å². The van der Waals surface area contributed by atoms with Crippen LogP contribution in [-0.4, -0.2) is 17.3 Å². The van der Waals surface area contributed by atoms with Crippen LogP contribution in [0.4, 0.5) is 11.4 Å². The fourth-order valence-corrected chi connectivity index (χ4v) is 8.14. The Morgan fingerprint density at radius 3 is 2.23 bits per heavy atom. The van der Waals surface area contributed by atoms with E-state index < -0.39 is 0 Å². The number of nitrogens with zero attached hydrogens (tertiary/aromatic N) is 2. The van der Waals surface area contributed by atoms with Crippen molar-refractivity contribution < 1.29 is 9.47 Å². The van der Waals surface area contributed by atoms with Gasteiger partial charge in [-0.1, -0.05) is 85.0 Å². The van der Waals surface area contributed by atoms with Gasteiger partial charge in [-0.05, 0) is 96.2 Å². The number of fused-ring (bicyclic) bond motifs is 8. The Bertz CT molecular complexity index is 2400. The molecule has 0 radical (unpaired) electrons. The maximum absolute atomic E-state index is 6.62. The van der Waals surface area contributed by atoms with Crippen LogP contribution >= 0.6 is 0 Å². The highest BCUT2D eigenvalue weighted by atomic mass is 16.5. The van der Waals surface area contributed by atoms with Crippen molar-refractivity contribution in [3.8, 4) is 28.7 Å². The predicted octanol–water partition coefficient (Wildman–Crippen LogP) is 8.68. The van der Waals surface area contributed by atoms with Gasteiger partial charge in [-0.25, -0.2) is 0 Å². The number of hydrogen-bond donors (Lipinski definition) is 0. The number of hydrogen-bond acceptors (Lipinski definition) is 3. The van der Waals surface area contributed by atoms with Crippen molar-refractivity contribution in [2.45, 2.75) is 18.9 Å². The predicted molar refractivity (Wildman–Crippen MR) is 198 cm³/mol. The molecule has 4 aliphatic rings. The molecule has 0 saturated carbocycles. The largest absolute Gasteiger partial charge is 0.458 e. The summed E-state index contributed by atoms with van der Waals surface area (Å²) in [5, 5.41) is 1.20. The van der Waals surface area contributed by atoms with Gasteiger partial charge in [0.2, 0.25) is 0 Å². The van der Waals surface area contributed by atoms with E-state index in [0.717, 1.165) is 56.5 Å². The van der Waals surface area contributed by atoms with E-state index in [1.807, 2.05) is 19.1 Å². The summed E-state index contributed by atoms with van der Waals surface area (Å²) in [6.45, 7) is 1.99. The van der Waals surface area contributed by atoms with Crippen molar-refractivity contribution in [2.24, 2.45) is 0 Å². The zero-order valence-electron chi connectivity index (χ0n) is 26.5. The number of benzene rings is 5. The third-order valence-corrected chi connectivity index (χ3v) is 10.2. The first kappa shape index (κ1) is 27.2. The molecule has 0 saturated heterocycles. The van der Waals surface area contributed by atoms with Gasteiger partial charge < -0.3 is 18.9 Å². The molecule has 4 nitrogen and oxygen atoms in total. The molecule has 0 fully saturated rings. The minimum Gasteiger partial charge on any atom is -0.458 e. The van der Waals surface area contributed by atoms with Gasteiger partial charge in [-0.3, -0.25) is 0 Å². The zero-order valence-corrected chi connectivity index (χ0v) is 26.5. The van der Waals surface area contributed by atoms with E-state index in [9.17, 15) is 0 Å². The van der Waals surface area contributed by atoms with Crippen LogP contribution in [0.1, 0.15) is 24.1 Å². The SMILES string of the molecule is C/C=C\C=C/c1cc2ccccc2n1-c1ccc2c(c1)B1c3cc(N4c5ccccc5C5C=CC=CC54)ccc3Oc3cccc(c31)O2. The molecule has 10 rings (SSSR count). The summed E-state index contributed by atoms with van der Waals surface area (Å²) in [5.74, 6) is 3.78. The Kier molecular flexibility index (Phi) is 5.98. The van der Waals surface area contributed by atoms with Crippen LogP contribution in [0, 0.1) is 0 Å². The van der Waals surface area contributed by atoms with Crippen LogP contribution in [0.15, 0.2) is 152 Å². The van der Waals surface area contributed by atoms with E-state index in [0.29, 0.717) is 5.92 Å². The Balaban J connectivity index is 1.16. The highest BCUT2D eigenvalue weighted by molar-refractivity contribution is 6.98.